The average molecular weight is 479 g/mol. The Hall–Kier alpha value is -3.04. The van der Waals surface area contributed by atoms with Gasteiger partial charge in [-0.1, -0.05) is 81.4 Å². The van der Waals surface area contributed by atoms with Gasteiger partial charge in [0.05, 0.1) is 13.2 Å². The molecule has 34 heavy (non-hydrogen) atoms. The van der Waals surface area contributed by atoms with Crippen molar-refractivity contribution in [2.75, 3.05) is 13.2 Å². The van der Waals surface area contributed by atoms with Gasteiger partial charge in [-0.25, -0.2) is 4.79 Å². The van der Waals surface area contributed by atoms with E-state index in [9.17, 15) is 14.7 Å². The Kier molecular flexibility index (Phi) is 6.86. The first-order valence-corrected chi connectivity index (χ1v) is 13.2. The lowest BCUT2D eigenvalue weighted by molar-refractivity contribution is -0.0144. The maximum Gasteiger partial charge on any atom is 0.330 e. The van der Waals surface area contributed by atoms with E-state index in [-0.39, 0.29) is 18.3 Å². The van der Waals surface area contributed by atoms with Crippen molar-refractivity contribution >= 4 is 18.7 Å². The first kappa shape index (κ1) is 24.1. The number of nitrogens with one attached hydrogen (secondary N) is 1. The number of rotatable bonds is 7. The molecule has 1 aromatic heterocycles. The van der Waals surface area contributed by atoms with Gasteiger partial charge in [0.2, 0.25) is 0 Å². The van der Waals surface area contributed by atoms with Crippen LogP contribution in [0.2, 0.25) is 5.04 Å². The van der Waals surface area contributed by atoms with Crippen molar-refractivity contribution in [1.82, 2.24) is 9.55 Å². The number of benzene rings is 2. The molecule has 2 heterocycles. The van der Waals surface area contributed by atoms with Gasteiger partial charge in [-0.15, -0.1) is 0 Å². The Bertz CT molecular complexity index is 1220. The Morgan fingerprint density at radius 1 is 1.00 bits per heavy atom. The molecule has 0 aliphatic carbocycles. The van der Waals surface area contributed by atoms with Crippen molar-refractivity contribution in [3.8, 4) is 0 Å². The zero-order valence-electron chi connectivity index (χ0n) is 19.6. The Morgan fingerprint density at radius 3 is 2.09 bits per heavy atom. The summed E-state index contributed by atoms with van der Waals surface area (Å²) in [5, 5.41) is 12.0. The average Bonchev–Trinajstić information content (AvgIpc) is 3.23. The monoisotopic (exact) mass is 478 g/mol. The summed E-state index contributed by atoms with van der Waals surface area (Å²) in [5.74, 6) is 0. The highest BCUT2D eigenvalue weighted by Gasteiger charge is 2.50. The summed E-state index contributed by atoms with van der Waals surface area (Å²) in [5.41, 5.74) is -0.532. The topological polar surface area (TPSA) is 93.5 Å². The number of hydrogen-bond acceptors (Lipinski definition) is 5. The number of ether oxygens (including phenoxy) is 1. The molecule has 0 amide bonds. The van der Waals surface area contributed by atoms with E-state index in [1.165, 1.54) is 16.8 Å². The van der Waals surface area contributed by atoms with Crippen molar-refractivity contribution < 1.29 is 14.3 Å². The van der Waals surface area contributed by atoms with Crippen LogP contribution in [0, 0.1) is 0 Å². The van der Waals surface area contributed by atoms with Gasteiger partial charge >= 0.3 is 5.69 Å². The highest BCUT2D eigenvalue weighted by Crippen LogP contribution is 2.37. The molecule has 1 aliphatic heterocycles. The second-order valence-corrected chi connectivity index (χ2v) is 13.7. The molecule has 0 spiro atoms. The second-order valence-electron chi connectivity index (χ2n) is 9.42. The highest BCUT2D eigenvalue weighted by molar-refractivity contribution is 6.99. The molecular formula is C26H30N2O5Si. The third-order valence-corrected chi connectivity index (χ3v) is 11.2. The summed E-state index contributed by atoms with van der Waals surface area (Å²) in [6.45, 7) is 6.59. The summed E-state index contributed by atoms with van der Waals surface area (Å²) in [6, 6.07) is 21.9. The largest absolute Gasteiger partial charge is 0.404 e. The maximum atomic E-state index is 12.3. The van der Waals surface area contributed by atoms with Gasteiger partial charge in [0.25, 0.3) is 13.9 Å². The summed E-state index contributed by atoms with van der Waals surface area (Å²) in [7, 11) is -2.76. The maximum absolute atomic E-state index is 12.3. The molecule has 1 aliphatic rings. The fraction of sp³-hybridized carbons (Fsp3) is 0.308. The van der Waals surface area contributed by atoms with Gasteiger partial charge in [-0.3, -0.25) is 14.3 Å². The molecular weight excluding hydrogens is 448 g/mol. The van der Waals surface area contributed by atoms with Gasteiger partial charge in [-0.05, 0) is 21.5 Å². The van der Waals surface area contributed by atoms with Crippen LogP contribution in [0.1, 0.15) is 27.0 Å². The molecule has 178 valence electrons. The lowest BCUT2D eigenvalue weighted by Gasteiger charge is -2.43. The first-order chi connectivity index (χ1) is 16.3. The van der Waals surface area contributed by atoms with Crippen molar-refractivity contribution in [2.24, 2.45) is 0 Å². The van der Waals surface area contributed by atoms with Crippen LogP contribution in [0.25, 0.3) is 0 Å². The number of H-pyrrole nitrogens is 1. The smallest absolute Gasteiger partial charge is 0.330 e. The standard InChI is InChI=1S/C26H30N2O5Si/c1-26(2,3)34(21-10-6-4-7-11-21,22-12-8-5-9-13-22)32-18-20-16-19(17-29)24(33-20)28-15-14-23(30)27-25(28)31/h4-16,20,24,29H,17-18H2,1-3H3,(H,27,30,31)/t20-,24+/m0/s1. The van der Waals surface area contributed by atoms with Crippen LogP contribution in [-0.2, 0) is 9.16 Å². The van der Waals surface area contributed by atoms with E-state index in [1.54, 1.807) is 6.08 Å². The number of nitrogens with zero attached hydrogens (tertiary/aromatic N) is 1. The molecule has 0 bridgehead atoms. The molecule has 0 saturated heterocycles. The number of hydrogen-bond donors (Lipinski definition) is 2. The Balaban J connectivity index is 1.68. The zero-order chi connectivity index (χ0) is 24.3. The number of aliphatic hydroxyl groups excluding tert-OH is 1. The minimum Gasteiger partial charge on any atom is -0.404 e. The Labute approximate surface area is 199 Å². The summed E-state index contributed by atoms with van der Waals surface area (Å²) in [6.07, 6.45) is 1.91. The highest BCUT2D eigenvalue weighted by atomic mass is 28.4. The van der Waals surface area contributed by atoms with Gasteiger partial charge in [-0.2, -0.15) is 0 Å². The lowest BCUT2D eigenvalue weighted by atomic mass is 10.2. The van der Waals surface area contributed by atoms with Crippen molar-refractivity contribution in [3.05, 3.63) is 105 Å². The van der Waals surface area contributed by atoms with E-state index in [1.807, 2.05) is 36.4 Å². The van der Waals surface area contributed by atoms with Crippen LogP contribution in [0.3, 0.4) is 0 Å². The molecule has 0 unspecified atom stereocenters. The van der Waals surface area contributed by atoms with Crippen molar-refractivity contribution in [2.45, 2.75) is 38.1 Å². The lowest BCUT2D eigenvalue weighted by Crippen LogP contribution is -2.67. The predicted molar refractivity (Wildman–Crippen MR) is 134 cm³/mol. The third-order valence-electron chi connectivity index (χ3n) is 6.19. The SMILES string of the molecule is CC(C)(C)[Si](OC[C@@H]1C=C(CO)[C@H](n2ccc(=O)[nH]c2=O)O1)(c1ccccc1)c1ccccc1. The first-order valence-electron chi connectivity index (χ1n) is 11.3. The number of aromatic nitrogens is 2. The summed E-state index contributed by atoms with van der Waals surface area (Å²) < 4.78 is 14.3. The van der Waals surface area contributed by atoms with Crippen molar-refractivity contribution in [1.29, 1.82) is 0 Å². The minimum absolute atomic E-state index is 0.187. The molecule has 2 aromatic carbocycles. The minimum atomic E-state index is -2.76. The van der Waals surface area contributed by atoms with Crippen LogP contribution < -0.4 is 21.6 Å². The van der Waals surface area contributed by atoms with Crippen LogP contribution in [-0.4, -0.2) is 42.3 Å². The molecule has 3 aromatic rings. The van der Waals surface area contributed by atoms with E-state index in [0.29, 0.717) is 5.57 Å². The van der Waals surface area contributed by atoms with E-state index in [2.05, 4.69) is 50.0 Å². The van der Waals surface area contributed by atoms with Gasteiger partial charge in [0.1, 0.15) is 6.10 Å². The molecule has 4 rings (SSSR count). The molecule has 0 saturated carbocycles. The van der Waals surface area contributed by atoms with Crippen LogP contribution in [0.5, 0.6) is 0 Å². The normalized spacial score (nSPS) is 18.6. The molecule has 8 heteroatoms. The van der Waals surface area contributed by atoms with Crippen LogP contribution in [0.15, 0.2) is 94.2 Å². The third kappa shape index (κ3) is 4.50. The van der Waals surface area contributed by atoms with Crippen LogP contribution >= 0.6 is 0 Å². The van der Waals surface area contributed by atoms with E-state index in [4.69, 9.17) is 9.16 Å². The predicted octanol–water partition coefficient (Wildman–Crippen LogP) is 1.93. The van der Waals surface area contributed by atoms with Crippen LogP contribution in [0.4, 0.5) is 0 Å². The van der Waals surface area contributed by atoms with E-state index < -0.39 is 31.9 Å². The molecule has 0 fully saturated rings. The van der Waals surface area contributed by atoms with E-state index in [0.717, 1.165) is 10.4 Å². The molecule has 0 radical (unpaired) electrons. The fourth-order valence-corrected chi connectivity index (χ4v) is 9.23. The molecule has 7 nitrogen and oxygen atoms in total. The van der Waals surface area contributed by atoms with Gasteiger partial charge in [0.15, 0.2) is 6.23 Å². The zero-order valence-corrected chi connectivity index (χ0v) is 20.6. The van der Waals surface area contributed by atoms with Crippen molar-refractivity contribution in [3.63, 3.8) is 0 Å². The second kappa shape index (κ2) is 9.67. The van der Waals surface area contributed by atoms with E-state index >= 15 is 0 Å². The number of aliphatic hydroxyl groups is 1. The van der Waals surface area contributed by atoms with Gasteiger partial charge < -0.3 is 14.3 Å². The Morgan fingerprint density at radius 2 is 1.59 bits per heavy atom. The fourth-order valence-electron chi connectivity index (χ4n) is 4.66. The molecule has 2 atom stereocenters. The summed E-state index contributed by atoms with van der Waals surface area (Å²) >= 11 is 0. The molecule has 2 N–H and O–H groups in total. The quantitative estimate of drug-likeness (QED) is 0.400. The number of aromatic amines is 1. The summed E-state index contributed by atoms with van der Waals surface area (Å²) in [4.78, 5) is 26.0. The van der Waals surface area contributed by atoms with Gasteiger partial charge in [0, 0.05) is 17.8 Å².